The number of piperidine rings is 1. The zero-order valence-corrected chi connectivity index (χ0v) is 15.9. The lowest BCUT2D eigenvalue weighted by Crippen LogP contribution is -2.34. The molecule has 2 heterocycles. The van der Waals surface area contributed by atoms with Crippen LogP contribution in [0.4, 0.5) is 11.5 Å². The summed E-state index contributed by atoms with van der Waals surface area (Å²) in [4.78, 5) is 15.1. The molecule has 0 aliphatic carbocycles. The van der Waals surface area contributed by atoms with Crippen LogP contribution >= 0.6 is 11.6 Å². The van der Waals surface area contributed by atoms with Crippen molar-refractivity contribution in [3.63, 3.8) is 0 Å². The number of hydrogen-bond donors (Lipinski definition) is 1. The van der Waals surface area contributed by atoms with Crippen molar-refractivity contribution < 1.29 is 4.79 Å². The topological polar surface area (TPSA) is 58.1 Å². The maximum atomic E-state index is 12.8. The highest BCUT2D eigenvalue weighted by atomic mass is 35.5. The Morgan fingerprint density at radius 3 is 2.56 bits per heavy atom. The predicted octanol–water partition coefficient (Wildman–Crippen LogP) is 4.77. The highest BCUT2D eigenvalue weighted by molar-refractivity contribution is 6.31. The summed E-state index contributed by atoms with van der Waals surface area (Å²) in [6.45, 7) is 4.21. The van der Waals surface area contributed by atoms with Crippen molar-refractivity contribution in [3.8, 4) is 0 Å². The van der Waals surface area contributed by atoms with Crippen molar-refractivity contribution in [3.05, 3.63) is 59.2 Å². The van der Waals surface area contributed by atoms with Crippen molar-refractivity contribution in [2.75, 3.05) is 23.3 Å². The molecule has 0 bridgehead atoms. The normalized spacial score (nSPS) is 15.1. The first kappa shape index (κ1) is 17.7. The average molecular weight is 381 g/mol. The average Bonchev–Trinajstić information content (AvgIpc) is 2.68. The van der Waals surface area contributed by atoms with Crippen molar-refractivity contribution in [1.82, 2.24) is 10.2 Å². The molecule has 2 aromatic carbocycles. The number of carbonyl (C=O) groups is 1. The lowest BCUT2D eigenvalue weighted by molar-refractivity contribution is 0.102. The molecule has 1 amide bonds. The van der Waals surface area contributed by atoms with Crippen LogP contribution in [-0.4, -0.2) is 29.2 Å². The lowest BCUT2D eigenvalue weighted by Gasteiger charge is -2.31. The second-order valence-corrected chi connectivity index (χ2v) is 7.49. The van der Waals surface area contributed by atoms with Crippen LogP contribution < -0.4 is 10.2 Å². The van der Waals surface area contributed by atoms with Gasteiger partial charge in [-0.1, -0.05) is 48.9 Å². The highest BCUT2D eigenvalue weighted by Gasteiger charge is 2.22. The first-order valence-corrected chi connectivity index (χ1v) is 9.57. The number of aromatic nitrogens is 2. The summed E-state index contributed by atoms with van der Waals surface area (Å²) in [5.74, 6) is 1.31. The quantitative estimate of drug-likeness (QED) is 0.710. The van der Waals surface area contributed by atoms with Gasteiger partial charge >= 0.3 is 0 Å². The maximum absolute atomic E-state index is 12.8. The molecule has 138 valence electrons. The van der Waals surface area contributed by atoms with Crippen LogP contribution in [0.5, 0.6) is 0 Å². The van der Waals surface area contributed by atoms with E-state index in [1.165, 1.54) is 0 Å². The summed E-state index contributed by atoms with van der Waals surface area (Å²) in [6, 6.07) is 14.9. The predicted molar refractivity (Wildman–Crippen MR) is 110 cm³/mol. The molecule has 27 heavy (non-hydrogen) atoms. The SMILES string of the molecule is CC1CCN(c2nnc(C(=O)Nc3cccc(Cl)c3)c3ccccc23)CC1. The van der Waals surface area contributed by atoms with E-state index < -0.39 is 0 Å². The molecule has 1 N–H and O–H groups in total. The summed E-state index contributed by atoms with van der Waals surface area (Å²) in [5, 5.41) is 13.9. The van der Waals surface area contributed by atoms with Gasteiger partial charge in [-0.05, 0) is 37.0 Å². The smallest absolute Gasteiger partial charge is 0.276 e. The van der Waals surface area contributed by atoms with E-state index in [-0.39, 0.29) is 5.91 Å². The number of halogens is 1. The molecule has 5 nitrogen and oxygen atoms in total. The van der Waals surface area contributed by atoms with Crippen LogP contribution in [0, 0.1) is 5.92 Å². The fourth-order valence-electron chi connectivity index (χ4n) is 3.47. The zero-order chi connectivity index (χ0) is 18.8. The van der Waals surface area contributed by atoms with E-state index >= 15 is 0 Å². The van der Waals surface area contributed by atoms with E-state index in [1.54, 1.807) is 24.3 Å². The van der Waals surface area contributed by atoms with Gasteiger partial charge < -0.3 is 10.2 Å². The monoisotopic (exact) mass is 380 g/mol. The molecule has 6 heteroatoms. The lowest BCUT2D eigenvalue weighted by atomic mass is 9.99. The molecule has 0 radical (unpaired) electrons. The Labute approximate surface area is 163 Å². The van der Waals surface area contributed by atoms with E-state index in [2.05, 4.69) is 27.3 Å². The number of nitrogens with one attached hydrogen (secondary N) is 1. The van der Waals surface area contributed by atoms with Crippen molar-refractivity contribution >= 4 is 39.8 Å². The van der Waals surface area contributed by atoms with E-state index in [4.69, 9.17) is 11.6 Å². The van der Waals surface area contributed by atoms with E-state index in [0.717, 1.165) is 48.4 Å². The number of nitrogens with zero attached hydrogens (tertiary/aromatic N) is 3. The van der Waals surface area contributed by atoms with Gasteiger partial charge in [0.1, 0.15) is 0 Å². The van der Waals surface area contributed by atoms with Gasteiger partial charge in [-0.15, -0.1) is 10.2 Å². The van der Waals surface area contributed by atoms with Crippen molar-refractivity contribution in [2.24, 2.45) is 5.92 Å². The highest BCUT2D eigenvalue weighted by Crippen LogP contribution is 2.29. The summed E-state index contributed by atoms with van der Waals surface area (Å²) < 4.78 is 0. The third-order valence-corrected chi connectivity index (χ3v) is 5.28. The fraction of sp³-hybridized carbons (Fsp3) is 0.286. The molecular weight excluding hydrogens is 360 g/mol. The van der Waals surface area contributed by atoms with Crippen LogP contribution in [0.3, 0.4) is 0 Å². The Morgan fingerprint density at radius 1 is 1.07 bits per heavy atom. The number of anilines is 2. The van der Waals surface area contributed by atoms with E-state index in [1.807, 2.05) is 24.3 Å². The summed E-state index contributed by atoms with van der Waals surface area (Å²) in [6.07, 6.45) is 2.29. The molecule has 0 atom stereocenters. The van der Waals surface area contributed by atoms with Gasteiger partial charge in [-0.2, -0.15) is 0 Å². The van der Waals surface area contributed by atoms with Crippen molar-refractivity contribution in [1.29, 1.82) is 0 Å². The molecule has 3 aromatic rings. The van der Waals surface area contributed by atoms with E-state index in [9.17, 15) is 4.79 Å². The Bertz CT molecular complexity index is 983. The molecule has 1 aromatic heterocycles. The minimum Gasteiger partial charge on any atom is -0.355 e. The third kappa shape index (κ3) is 3.74. The molecular formula is C21H21ClN4O. The van der Waals surface area contributed by atoms with Crippen LogP contribution in [0.2, 0.25) is 5.02 Å². The molecule has 1 aliphatic heterocycles. The first-order valence-electron chi connectivity index (χ1n) is 9.19. The van der Waals surface area contributed by atoms with Crippen molar-refractivity contribution in [2.45, 2.75) is 19.8 Å². The number of fused-ring (bicyclic) bond motifs is 1. The minimum absolute atomic E-state index is 0.292. The summed E-state index contributed by atoms with van der Waals surface area (Å²) in [5.41, 5.74) is 0.951. The maximum Gasteiger partial charge on any atom is 0.276 e. The standard InChI is InChI=1S/C21H21ClN4O/c1-14-9-11-26(12-10-14)20-18-8-3-2-7-17(18)19(24-25-20)21(27)23-16-6-4-5-15(22)13-16/h2-8,13-14H,9-12H2,1H3,(H,23,27). The van der Waals surface area contributed by atoms with Gasteiger partial charge in [0.2, 0.25) is 0 Å². The Kier molecular flexibility index (Phi) is 4.94. The molecule has 0 saturated carbocycles. The Balaban J connectivity index is 1.68. The second-order valence-electron chi connectivity index (χ2n) is 7.05. The number of amides is 1. The fourth-order valence-corrected chi connectivity index (χ4v) is 3.66. The molecule has 4 rings (SSSR count). The number of hydrogen-bond acceptors (Lipinski definition) is 4. The largest absolute Gasteiger partial charge is 0.355 e. The zero-order valence-electron chi connectivity index (χ0n) is 15.2. The second kappa shape index (κ2) is 7.53. The number of benzene rings is 2. The van der Waals surface area contributed by atoms with Gasteiger partial charge in [0, 0.05) is 34.6 Å². The molecule has 0 spiro atoms. The van der Waals surface area contributed by atoms with Crippen LogP contribution in [-0.2, 0) is 0 Å². The van der Waals surface area contributed by atoms with Gasteiger partial charge in [0.05, 0.1) is 0 Å². The molecule has 1 aliphatic rings. The van der Waals surface area contributed by atoms with E-state index in [0.29, 0.717) is 16.4 Å². The van der Waals surface area contributed by atoms with Crippen LogP contribution in [0.1, 0.15) is 30.3 Å². The molecule has 1 fully saturated rings. The third-order valence-electron chi connectivity index (χ3n) is 5.05. The molecule has 0 unspecified atom stereocenters. The van der Waals surface area contributed by atoms with Gasteiger partial charge in [-0.25, -0.2) is 0 Å². The Morgan fingerprint density at radius 2 is 1.81 bits per heavy atom. The van der Waals surface area contributed by atoms with Gasteiger partial charge in [0.25, 0.3) is 5.91 Å². The minimum atomic E-state index is -0.292. The van der Waals surface area contributed by atoms with Gasteiger partial charge in [0.15, 0.2) is 11.5 Å². The number of carbonyl (C=O) groups excluding carboxylic acids is 1. The Hall–Kier alpha value is -2.66. The van der Waals surface area contributed by atoms with Gasteiger partial charge in [-0.3, -0.25) is 4.79 Å². The summed E-state index contributed by atoms with van der Waals surface area (Å²) in [7, 11) is 0. The van der Waals surface area contributed by atoms with Crippen LogP contribution in [0.25, 0.3) is 10.8 Å². The van der Waals surface area contributed by atoms with Crippen LogP contribution in [0.15, 0.2) is 48.5 Å². The number of rotatable bonds is 3. The molecule has 1 saturated heterocycles. The first-order chi connectivity index (χ1) is 13.1. The summed E-state index contributed by atoms with van der Waals surface area (Å²) >= 11 is 6.00.